The fourth-order valence-electron chi connectivity index (χ4n) is 3.96. The van der Waals surface area contributed by atoms with E-state index in [1.807, 2.05) is 18.7 Å². The second-order valence-corrected chi connectivity index (χ2v) is 7.69. The molecule has 3 rings (SSSR count). The molecule has 1 unspecified atom stereocenters. The number of anilines is 1. The molecule has 154 valence electrons. The van der Waals surface area contributed by atoms with Crippen molar-refractivity contribution in [1.82, 2.24) is 4.98 Å². The zero-order valence-electron chi connectivity index (χ0n) is 16.6. The summed E-state index contributed by atoms with van der Waals surface area (Å²) in [6.07, 6.45) is 3.16. The summed E-state index contributed by atoms with van der Waals surface area (Å²) in [6, 6.07) is 6.66. The van der Waals surface area contributed by atoms with Crippen LogP contribution >= 0.6 is 0 Å². The highest BCUT2D eigenvalue weighted by Gasteiger charge is 2.40. The number of fused-ring (bicyclic) bond motifs is 1. The lowest BCUT2D eigenvalue weighted by Crippen LogP contribution is -2.45. The Kier molecular flexibility index (Phi) is 5.87. The van der Waals surface area contributed by atoms with Crippen molar-refractivity contribution in [3.63, 3.8) is 0 Å². The number of nitriles is 1. The van der Waals surface area contributed by atoms with Gasteiger partial charge in [-0.15, -0.1) is 0 Å². The van der Waals surface area contributed by atoms with Gasteiger partial charge in [0.2, 0.25) is 0 Å². The Labute approximate surface area is 168 Å². The van der Waals surface area contributed by atoms with Gasteiger partial charge >= 0.3 is 12.6 Å². The number of alkyl halides is 2. The Morgan fingerprint density at radius 1 is 1.41 bits per heavy atom. The normalized spacial score (nSPS) is 17.3. The molecule has 0 radical (unpaired) electrons. The second kappa shape index (κ2) is 8.19. The van der Waals surface area contributed by atoms with Crippen LogP contribution in [-0.4, -0.2) is 37.8 Å². The van der Waals surface area contributed by atoms with E-state index in [9.17, 15) is 18.8 Å². The molecule has 29 heavy (non-hydrogen) atoms. The smallest absolute Gasteiger partial charge is 0.387 e. The number of methoxy groups -OCH3 is 1. The summed E-state index contributed by atoms with van der Waals surface area (Å²) in [7, 11) is 1.37. The highest BCUT2D eigenvalue weighted by molar-refractivity contribution is 5.95. The molecule has 1 aliphatic rings. The molecule has 2 aromatic rings. The molecule has 0 spiro atoms. The molecule has 1 aliphatic heterocycles. The summed E-state index contributed by atoms with van der Waals surface area (Å²) in [6.45, 7) is 2.00. The number of benzene rings is 1. The van der Waals surface area contributed by atoms with Crippen molar-refractivity contribution in [2.45, 2.75) is 33.3 Å². The maximum Gasteiger partial charge on any atom is 0.387 e. The third kappa shape index (κ3) is 4.09. The zero-order valence-corrected chi connectivity index (χ0v) is 16.6. The van der Waals surface area contributed by atoms with Gasteiger partial charge in [0.1, 0.15) is 11.8 Å². The molecule has 1 aromatic heterocycles. The first-order valence-corrected chi connectivity index (χ1v) is 9.39. The predicted molar refractivity (Wildman–Crippen MR) is 104 cm³/mol. The molecule has 1 fully saturated rings. The molecule has 8 heteroatoms. The fourth-order valence-corrected chi connectivity index (χ4v) is 3.96. The van der Waals surface area contributed by atoms with Gasteiger partial charge in [-0.3, -0.25) is 9.78 Å². The van der Waals surface area contributed by atoms with Crippen molar-refractivity contribution in [2.75, 3.05) is 25.1 Å². The van der Waals surface area contributed by atoms with Gasteiger partial charge in [-0.25, -0.2) is 0 Å². The minimum atomic E-state index is -2.94. The number of pyridine rings is 1. The summed E-state index contributed by atoms with van der Waals surface area (Å²) >= 11 is 0. The number of nitrogens with zero attached hydrogens (tertiary/aromatic N) is 3. The fraction of sp³-hybridized carbons (Fsp3) is 0.476. The van der Waals surface area contributed by atoms with E-state index in [0.717, 1.165) is 12.8 Å². The Morgan fingerprint density at radius 2 is 2.17 bits per heavy atom. The van der Waals surface area contributed by atoms with Crippen LogP contribution in [0, 0.1) is 22.7 Å². The lowest BCUT2D eigenvalue weighted by molar-refractivity contribution is -0.154. The van der Waals surface area contributed by atoms with E-state index >= 15 is 0 Å². The number of carbonyl (C=O) groups excluding carboxylic acids is 1. The van der Waals surface area contributed by atoms with Crippen LogP contribution in [0.4, 0.5) is 14.5 Å². The maximum atomic E-state index is 12.7. The highest BCUT2D eigenvalue weighted by atomic mass is 19.3. The van der Waals surface area contributed by atoms with Crippen molar-refractivity contribution in [1.29, 1.82) is 5.26 Å². The van der Waals surface area contributed by atoms with Crippen LogP contribution < -0.4 is 9.64 Å². The number of hydrogen-bond donors (Lipinski definition) is 0. The SMILES string of the molecule is COC(=O)C(C)(C)C1CCCN(c2c(C#N)cnc3ccc(OC(F)F)cc23)C1. The van der Waals surface area contributed by atoms with Crippen LogP contribution in [0.2, 0.25) is 0 Å². The van der Waals surface area contributed by atoms with E-state index in [4.69, 9.17) is 4.74 Å². The molecular formula is C21H23F2N3O3. The van der Waals surface area contributed by atoms with Crippen molar-refractivity contribution in [3.05, 3.63) is 30.0 Å². The number of ether oxygens (including phenoxy) is 2. The number of halogens is 2. The standard InChI is InChI=1S/C21H23F2N3O3/c1-21(2,19(27)28-3)14-5-4-8-26(12-14)18-13(10-24)11-25-17-7-6-15(9-16(17)18)29-20(22)23/h6-7,9,11,14,20H,4-5,8,12H2,1-3H3. The van der Waals surface area contributed by atoms with E-state index in [2.05, 4.69) is 15.8 Å². The Morgan fingerprint density at radius 3 is 2.83 bits per heavy atom. The average Bonchev–Trinajstić information content (AvgIpc) is 2.71. The number of aromatic nitrogens is 1. The van der Waals surface area contributed by atoms with Gasteiger partial charge in [0, 0.05) is 24.7 Å². The van der Waals surface area contributed by atoms with Crippen LogP contribution in [0.25, 0.3) is 10.9 Å². The first-order chi connectivity index (χ1) is 13.8. The summed E-state index contributed by atoms with van der Waals surface area (Å²) in [4.78, 5) is 18.6. The third-order valence-electron chi connectivity index (χ3n) is 5.63. The molecule has 1 aromatic carbocycles. The van der Waals surface area contributed by atoms with Gasteiger partial charge in [-0.1, -0.05) is 0 Å². The Hall–Kier alpha value is -2.95. The number of esters is 1. The zero-order chi connectivity index (χ0) is 21.2. The number of piperidine rings is 1. The van der Waals surface area contributed by atoms with Gasteiger partial charge < -0.3 is 14.4 Å². The van der Waals surface area contributed by atoms with Gasteiger partial charge in [-0.05, 0) is 50.8 Å². The minimum Gasteiger partial charge on any atom is -0.469 e. The molecule has 0 bridgehead atoms. The second-order valence-electron chi connectivity index (χ2n) is 7.69. The van der Waals surface area contributed by atoms with Crippen molar-refractivity contribution in [2.24, 2.45) is 11.3 Å². The number of rotatable bonds is 5. The molecule has 1 saturated heterocycles. The topological polar surface area (TPSA) is 75.5 Å². The molecule has 1 atom stereocenters. The third-order valence-corrected chi connectivity index (χ3v) is 5.63. The van der Waals surface area contributed by atoms with Gasteiger partial charge in [0.05, 0.1) is 29.3 Å². The Balaban J connectivity index is 2.05. The van der Waals surface area contributed by atoms with E-state index in [-0.39, 0.29) is 17.6 Å². The number of carbonyl (C=O) groups is 1. The summed E-state index contributed by atoms with van der Waals surface area (Å²) in [5.74, 6) is -0.259. The van der Waals surface area contributed by atoms with E-state index in [1.165, 1.54) is 25.4 Å². The summed E-state index contributed by atoms with van der Waals surface area (Å²) < 4.78 is 34.8. The summed E-state index contributed by atoms with van der Waals surface area (Å²) in [5, 5.41) is 10.2. The monoisotopic (exact) mass is 403 g/mol. The minimum absolute atomic E-state index is 0.00842. The van der Waals surface area contributed by atoms with Crippen LogP contribution in [0.1, 0.15) is 32.3 Å². The van der Waals surface area contributed by atoms with E-state index < -0.39 is 12.0 Å². The maximum absolute atomic E-state index is 12.7. The van der Waals surface area contributed by atoms with Crippen LogP contribution in [0.5, 0.6) is 5.75 Å². The lowest BCUT2D eigenvalue weighted by atomic mass is 9.74. The van der Waals surface area contributed by atoms with E-state index in [1.54, 1.807) is 6.07 Å². The van der Waals surface area contributed by atoms with E-state index in [0.29, 0.717) is 35.2 Å². The first-order valence-electron chi connectivity index (χ1n) is 9.39. The van der Waals surface area contributed by atoms with Gasteiger partial charge in [-0.2, -0.15) is 14.0 Å². The Bertz CT molecular complexity index is 956. The lowest BCUT2D eigenvalue weighted by Gasteiger charge is -2.41. The molecule has 2 heterocycles. The van der Waals surface area contributed by atoms with Crippen LogP contribution in [0.15, 0.2) is 24.4 Å². The molecule has 0 amide bonds. The van der Waals surface area contributed by atoms with Crippen LogP contribution in [0.3, 0.4) is 0 Å². The summed E-state index contributed by atoms with van der Waals surface area (Å²) in [5.41, 5.74) is 0.869. The predicted octanol–water partition coefficient (Wildman–Crippen LogP) is 4.12. The molecule has 0 N–H and O–H groups in total. The van der Waals surface area contributed by atoms with Crippen LogP contribution in [-0.2, 0) is 9.53 Å². The van der Waals surface area contributed by atoms with Gasteiger partial charge in [0.15, 0.2) is 0 Å². The quantitative estimate of drug-likeness (QED) is 0.699. The largest absolute Gasteiger partial charge is 0.469 e. The highest BCUT2D eigenvalue weighted by Crippen LogP contribution is 2.39. The van der Waals surface area contributed by atoms with Gasteiger partial charge in [0.25, 0.3) is 0 Å². The molecule has 6 nitrogen and oxygen atoms in total. The molecule has 0 aliphatic carbocycles. The van der Waals surface area contributed by atoms with Crippen molar-refractivity contribution < 1.29 is 23.0 Å². The number of hydrogen-bond acceptors (Lipinski definition) is 6. The van der Waals surface area contributed by atoms with Crippen molar-refractivity contribution in [3.8, 4) is 11.8 Å². The molecular weight excluding hydrogens is 380 g/mol. The molecule has 0 saturated carbocycles. The van der Waals surface area contributed by atoms with Crippen molar-refractivity contribution >= 4 is 22.6 Å². The average molecular weight is 403 g/mol. The first kappa shape index (κ1) is 20.8.